The molecule has 0 amide bonds. The zero-order valence-corrected chi connectivity index (χ0v) is 14.1. The third-order valence-electron chi connectivity index (χ3n) is 4.59. The zero-order chi connectivity index (χ0) is 18.1. The van der Waals surface area contributed by atoms with E-state index in [-0.39, 0.29) is 22.9 Å². The van der Waals surface area contributed by atoms with E-state index in [1.165, 1.54) is 24.3 Å². The minimum absolute atomic E-state index is 0.0546. The highest BCUT2D eigenvalue weighted by Crippen LogP contribution is 2.40. The van der Waals surface area contributed by atoms with Crippen molar-refractivity contribution in [3.63, 3.8) is 0 Å². The first-order chi connectivity index (χ1) is 12.6. The van der Waals surface area contributed by atoms with E-state index >= 15 is 0 Å². The molecular weight excluding hydrogens is 337 g/mol. The van der Waals surface area contributed by atoms with Crippen molar-refractivity contribution in [3.05, 3.63) is 64.7 Å². The van der Waals surface area contributed by atoms with Gasteiger partial charge in [0.05, 0.1) is 24.3 Å². The summed E-state index contributed by atoms with van der Waals surface area (Å²) in [5.74, 6) is -0.256. The van der Waals surface area contributed by atoms with Gasteiger partial charge in [0.2, 0.25) is 5.78 Å². The maximum atomic E-state index is 13.9. The SMILES string of the molecule is O=C1C(=Cc2ccccc2F)Oc2c1ccc(O)c2CN1CCOCC1. The van der Waals surface area contributed by atoms with E-state index in [1.54, 1.807) is 18.2 Å². The number of Topliss-reactive ketones (excluding diaryl/α,β-unsaturated/α-hetero) is 1. The molecule has 0 unspecified atom stereocenters. The number of fused-ring (bicyclic) bond motifs is 1. The number of hydrogen-bond donors (Lipinski definition) is 1. The van der Waals surface area contributed by atoms with Gasteiger partial charge in [0, 0.05) is 25.2 Å². The summed E-state index contributed by atoms with van der Waals surface area (Å²) in [6.07, 6.45) is 1.40. The lowest BCUT2D eigenvalue weighted by atomic mass is 10.0. The maximum Gasteiger partial charge on any atom is 0.231 e. The second kappa shape index (κ2) is 6.90. The number of ketones is 1. The Hall–Kier alpha value is -2.70. The highest BCUT2D eigenvalue weighted by atomic mass is 19.1. The molecule has 0 saturated carbocycles. The average Bonchev–Trinajstić information content (AvgIpc) is 2.96. The number of aromatic hydroxyl groups is 1. The van der Waals surface area contributed by atoms with E-state index in [0.29, 0.717) is 36.6 Å². The monoisotopic (exact) mass is 355 g/mol. The first-order valence-corrected chi connectivity index (χ1v) is 8.47. The van der Waals surface area contributed by atoms with E-state index in [4.69, 9.17) is 9.47 Å². The number of nitrogens with zero attached hydrogens (tertiary/aromatic N) is 1. The number of rotatable bonds is 3. The van der Waals surface area contributed by atoms with Gasteiger partial charge in [-0.15, -0.1) is 0 Å². The molecule has 1 saturated heterocycles. The molecule has 2 aliphatic heterocycles. The summed E-state index contributed by atoms with van der Waals surface area (Å²) in [5.41, 5.74) is 1.23. The second-order valence-electron chi connectivity index (χ2n) is 6.29. The predicted molar refractivity (Wildman–Crippen MR) is 93.5 cm³/mol. The van der Waals surface area contributed by atoms with E-state index < -0.39 is 5.82 Å². The summed E-state index contributed by atoms with van der Waals surface area (Å²) in [7, 11) is 0. The third kappa shape index (κ3) is 3.09. The largest absolute Gasteiger partial charge is 0.507 e. The summed E-state index contributed by atoms with van der Waals surface area (Å²) in [6.45, 7) is 3.21. The lowest BCUT2D eigenvalue weighted by molar-refractivity contribution is 0.0336. The van der Waals surface area contributed by atoms with Crippen molar-refractivity contribution >= 4 is 11.9 Å². The number of morpholine rings is 1. The minimum atomic E-state index is -0.427. The molecule has 4 rings (SSSR count). The Morgan fingerprint density at radius 1 is 1.15 bits per heavy atom. The van der Waals surface area contributed by atoms with Gasteiger partial charge in [0.25, 0.3) is 0 Å². The maximum absolute atomic E-state index is 13.9. The van der Waals surface area contributed by atoms with Crippen LogP contribution >= 0.6 is 0 Å². The molecule has 134 valence electrons. The molecule has 6 heteroatoms. The number of allylic oxidation sites excluding steroid dienone is 1. The number of phenols is 1. The topological polar surface area (TPSA) is 59.0 Å². The van der Waals surface area contributed by atoms with Crippen LogP contribution in [0.5, 0.6) is 11.5 Å². The Labute approximate surface area is 150 Å². The minimum Gasteiger partial charge on any atom is -0.507 e. The van der Waals surface area contributed by atoms with E-state index in [9.17, 15) is 14.3 Å². The second-order valence-corrected chi connectivity index (χ2v) is 6.29. The van der Waals surface area contributed by atoms with Crippen LogP contribution in [0.3, 0.4) is 0 Å². The number of hydrogen-bond acceptors (Lipinski definition) is 5. The molecule has 0 aliphatic carbocycles. The molecular formula is C20H18FNO4. The van der Waals surface area contributed by atoms with Gasteiger partial charge in [-0.2, -0.15) is 0 Å². The number of benzene rings is 2. The van der Waals surface area contributed by atoms with Crippen molar-refractivity contribution in [3.8, 4) is 11.5 Å². The smallest absolute Gasteiger partial charge is 0.231 e. The Balaban J connectivity index is 1.67. The number of halogens is 1. The van der Waals surface area contributed by atoms with Crippen molar-refractivity contribution in [2.75, 3.05) is 26.3 Å². The number of carbonyl (C=O) groups is 1. The summed E-state index contributed by atoms with van der Waals surface area (Å²) in [4.78, 5) is 14.8. The molecule has 0 aromatic heterocycles. The molecule has 5 nitrogen and oxygen atoms in total. The predicted octanol–water partition coefficient (Wildman–Crippen LogP) is 2.98. The van der Waals surface area contributed by atoms with Crippen molar-refractivity contribution < 1.29 is 23.8 Å². The molecule has 0 radical (unpaired) electrons. The first kappa shape index (κ1) is 16.8. The molecule has 2 aromatic rings. The summed E-state index contributed by atoms with van der Waals surface area (Å²) in [6, 6.07) is 9.22. The summed E-state index contributed by atoms with van der Waals surface area (Å²) >= 11 is 0. The van der Waals surface area contributed by atoms with Gasteiger partial charge < -0.3 is 14.6 Å². The first-order valence-electron chi connectivity index (χ1n) is 8.47. The fourth-order valence-electron chi connectivity index (χ4n) is 3.17. The van der Waals surface area contributed by atoms with Crippen LogP contribution in [-0.2, 0) is 11.3 Å². The standard InChI is InChI=1S/C20H18FNO4/c21-16-4-2-1-3-13(16)11-18-19(24)14-5-6-17(23)15(20(14)26-18)12-22-7-9-25-10-8-22/h1-6,11,23H,7-10,12H2. The number of ether oxygens (including phenoxy) is 2. The fourth-order valence-corrected chi connectivity index (χ4v) is 3.17. The Bertz CT molecular complexity index is 887. The lowest BCUT2D eigenvalue weighted by Gasteiger charge is -2.27. The van der Waals surface area contributed by atoms with Crippen molar-refractivity contribution in [1.82, 2.24) is 4.90 Å². The van der Waals surface area contributed by atoms with Crippen LogP contribution in [0.4, 0.5) is 4.39 Å². The molecule has 26 heavy (non-hydrogen) atoms. The van der Waals surface area contributed by atoms with E-state index in [1.807, 2.05) is 0 Å². The van der Waals surface area contributed by atoms with Crippen molar-refractivity contribution in [2.45, 2.75) is 6.54 Å². The molecule has 0 atom stereocenters. The normalized spacial score (nSPS) is 18.8. The van der Waals surface area contributed by atoms with Gasteiger partial charge in [-0.1, -0.05) is 18.2 Å². The van der Waals surface area contributed by atoms with Gasteiger partial charge in [0.15, 0.2) is 5.76 Å². The number of phenolic OH excluding ortho intramolecular Hbond substituents is 1. The lowest BCUT2D eigenvalue weighted by Crippen LogP contribution is -2.35. The Morgan fingerprint density at radius 3 is 2.69 bits per heavy atom. The van der Waals surface area contributed by atoms with E-state index in [2.05, 4.69) is 4.90 Å². The van der Waals surface area contributed by atoms with E-state index in [0.717, 1.165) is 13.1 Å². The molecule has 2 aromatic carbocycles. The van der Waals surface area contributed by atoms with Crippen molar-refractivity contribution in [1.29, 1.82) is 0 Å². The number of carbonyl (C=O) groups excluding carboxylic acids is 1. The molecule has 0 spiro atoms. The Morgan fingerprint density at radius 2 is 1.92 bits per heavy atom. The quantitative estimate of drug-likeness (QED) is 0.858. The third-order valence-corrected chi connectivity index (χ3v) is 4.59. The van der Waals surface area contributed by atoms with Crippen LogP contribution in [0.2, 0.25) is 0 Å². The van der Waals surface area contributed by atoms with Crippen LogP contribution in [0, 0.1) is 5.82 Å². The van der Waals surface area contributed by atoms with Crippen LogP contribution in [0.1, 0.15) is 21.5 Å². The molecule has 0 bridgehead atoms. The molecule has 2 heterocycles. The van der Waals surface area contributed by atoms with Gasteiger partial charge in [-0.3, -0.25) is 9.69 Å². The van der Waals surface area contributed by atoms with Crippen LogP contribution in [0.15, 0.2) is 42.2 Å². The highest BCUT2D eigenvalue weighted by molar-refractivity contribution is 6.15. The molecule has 1 N–H and O–H groups in total. The van der Waals surface area contributed by atoms with Crippen LogP contribution < -0.4 is 4.74 Å². The average molecular weight is 355 g/mol. The van der Waals surface area contributed by atoms with Gasteiger partial charge >= 0.3 is 0 Å². The van der Waals surface area contributed by atoms with Gasteiger partial charge in [-0.05, 0) is 24.3 Å². The highest BCUT2D eigenvalue weighted by Gasteiger charge is 2.32. The van der Waals surface area contributed by atoms with Crippen molar-refractivity contribution in [2.24, 2.45) is 0 Å². The van der Waals surface area contributed by atoms with Gasteiger partial charge in [0.1, 0.15) is 17.3 Å². The summed E-state index contributed by atoms with van der Waals surface area (Å²) in [5, 5.41) is 10.3. The van der Waals surface area contributed by atoms with Crippen LogP contribution in [-0.4, -0.2) is 42.1 Å². The molecule has 1 fully saturated rings. The zero-order valence-electron chi connectivity index (χ0n) is 14.1. The Kier molecular flexibility index (Phi) is 4.44. The van der Waals surface area contributed by atoms with Crippen LogP contribution in [0.25, 0.3) is 6.08 Å². The molecule has 2 aliphatic rings. The van der Waals surface area contributed by atoms with Gasteiger partial charge in [-0.25, -0.2) is 4.39 Å². The summed E-state index contributed by atoms with van der Waals surface area (Å²) < 4.78 is 25.0. The fraction of sp³-hybridized carbons (Fsp3) is 0.250.